The van der Waals surface area contributed by atoms with Crippen LogP contribution in [-0.2, 0) is 11.3 Å². The fourth-order valence-electron chi connectivity index (χ4n) is 2.40. The van der Waals surface area contributed by atoms with Gasteiger partial charge in [0.2, 0.25) is 5.91 Å². The summed E-state index contributed by atoms with van der Waals surface area (Å²) < 4.78 is 46.0. The molecule has 12 heteroatoms. The molecule has 0 saturated heterocycles. The quantitative estimate of drug-likeness (QED) is 0.522. The van der Waals surface area contributed by atoms with Gasteiger partial charge in [0.1, 0.15) is 12.3 Å². The molecule has 28 heavy (non-hydrogen) atoms. The molecule has 1 aromatic heterocycles. The maximum absolute atomic E-state index is 12.1. The SMILES string of the molecule is O=C(Cn1c(=O)oc2cc([N+](=O)[O-])ccc21)Nc1ccc(OC(F)(F)F)cc1. The lowest BCUT2D eigenvalue weighted by molar-refractivity contribution is -0.384. The Hall–Kier alpha value is -3.83. The van der Waals surface area contributed by atoms with Crippen molar-refractivity contribution in [3.05, 3.63) is 63.1 Å². The highest BCUT2D eigenvalue weighted by Crippen LogP contribution is 2.24. The maximum atomic E-state index is 12.1. The van der Waals surface area contributed by atoms with Gasteiger partial charge in [-0.15, -0.1) is 13.2 Å². The number of hydrogen-bond acceptors (Lipinski definition) is 6. The van der Waals surface area contributed by atoms with Crippen LogP contribution in [0.4, 0.5) is 24.5 Å². The Morgan fingerprint density at radius 1 is 1.21 bits per heavy atom. The van der Waals surface area contributed by atoms with E-state index in [-0.39, 0.29) is 22.5 Å². The predicted octanol–water partition coefficient (Wildman–Crippen LogP) is 3.04. The summed E-state index contributed by atoms with van der Waals surface area (Å²) >= 11 is 0. The minimum absolute atomic E-state index is 0.0550. The number of non-ortho nitro benzene ring substituents is 1. The van der Waals surface area contributed by atoms with Crippen LogP contribution in [0, 0.1) is 10.1 Å². The summed E-state index contributed by atoms with van der Waals surface area (Å²) in [7, 11) is 0. The van der Waals surface area contributed by atoms with E-state index in [0.29, 0.717) is 0 Å². The van der Waals surface area contributed by atoms with Gasteiger partial charge in [0.25, 0.3) is 5.69 Å². The standard InChI is InChI=1S/C16H10F3N3O6/c17-16(18,19)28-11-4-1-9(2-5-11)20-14(23)8-21-12-6-3-10(22(25)26)7-13(12)27-15(21)24/h1-7H,8H2,(H,20,23). The first kappa shape index (κ1) is 18.9. The van der Waals surface area contributed by atoms with Gasteiger partial charge >= 0.3 is 12.1 Å². The first-order valence-electron chi connectivity index (χ1n) is 7.56. The normalized spacial score (nSPS) is 11.4. The van der Waals surface area contributed by atoms with E-state index in [2.05, 4.69) is 10.1 Å². The first-order valence-corrected chi connectivity index (χ1v) is 7.56. The molecular weight excluding hydrogens is 387 g/mol. The van der Waals surface area contributed by atoms with Crippen molar-refractivity contribution in [3.63, 3.8) is 0 Å². The number of amides is 1. The lowest BCUT2D eigenvalue weighted by Gasteiger charge is -2.10. The Kier molecular flexibility index (Phi) is 4.78. The van der Waals surface area contributed by atoms with Crippen LogP contribution in [0.2, 0.25) is 0 Å². The first-order chi connectivity index (χ1) is 13.1. The molecule has 0 bridgehead atoms. The van der Waals surface area contributed by atoms with Crippen LogP contribution < -0.4 is 15.8 Å². The van der Waals surface area contributed by atoms with E-state index in [4.69, 9.17) is 4.42 Å². The molecule has 1 N–H and O–H groups in total. The molecule has 2 aromatic carbocycles. The predicted molar refractivity (Wildman–Crippen MR) is 88.9 cm³/mol. The molecule has 0 aliphatic rings. The lowest BCUT2D eigenvalue weighted by atomic mass is 10.3. The Balaban J connectivity index is 1.74. The van der Waals surface area contributed by atoms with Crippen LogP contribution in [0.5, 0.6) is 5.75 Å². The Bertz CT molecular complexity index is 1100. The monoisotopic (exact) mass is 397 g/mol. The highest BCUT2D eigenvalue weighted by Gasteiger charge is 2.31. The smallest absolute Gasteiger partial charge is 0.407 e. The van der Waals surface area contributed by atoms with E-state index in [1.807, 2.05) is 0 Å². The molecule has 0 radical (unpaired) electrons. The Morgan fingerprint density at radius 2 is 1.89 bits per heavy atom. The highest BCUT2D eigenvalue weighted by atomic mass is 19.4. The highest BCUT2D eigenvalue weighted by molar-refractivity contribution is 5.91. The van der Waals surface area contributed by atoms with E-state index in [1.165, 1.54) is 18.2 Å². The number of rotatable bonds is 5. The number of nitro groups is 1. The van der Waals surface area contributed by atoms with E-state index >= 15 is 0 Å². The maximum Gasteiger partial charge on any atom is 0.573 e. The van der Waals surface area contributed by atoms with Crippen molar-refractivity contribution in [2.45, 2.75) is 12.9 Å². The van der Waals surface area contributed by atoms with Gasteiger partial charge in [-0.3, -0.25) is 19.5 Å². The topological polar surface area (TPSA) is 117 Å². The Morgan fingerprint density at radius 3 is 2.50 bits per heavy atom. The van der Waals surface area contributed by atoms with Gasteiger partial charge < -0.3 is 14.5 Å². The fraction of sp³-hybridized carbons (Fsp3) is 0.125. The summed E-state index contributed by atoms with van der Waals surface area (Å²) in [5.74, 6) is -2.00. The van der Waals surface area contributed by atoms with E-state index < -0.39 is 35.2 Å². The summed E-state index contributed by atoms with van der Waals surface area (Å²) in [4.78, 5) is 34.1. The van der Waals surface area contributed by atoms with Crippen LogP contribution in [0.3, 0.4) is 0 Å². The molecule has 0 aliphatic carbocycles. The molecule has 1 amide bonds. The zero-order chi connectivity index (χ0) is 20.5. The summed E-state index contributed by atoms with van der Waals surface area (Å²) in [5.41, 5.74) is 0.0235. The second-order valence-corrected chi connectivity index (χ2v) is 5.48. The molecule has 3 rings (SSSR count). The molecule has 0 aliphatic heterocycles. The number of fused-ring (bicyclic) bond motifs is 1. The lowest BCUT2D eigenvalue weighted by Crippen LogP contribution is -2.24. The minimum Gasteiger partial charge on any atom is -0.407 e. The third-order valence-electron chi connectivity index (χ3n) is 3.54. The number of oxazole rings is 1. The van der Waals surface area contributed by atoms with E-state index in [9.17, 15) is 32.9 Å². The molecule has 9 nitrogen and oxygen atoms in total. The largest absolute Gasteiger partial charge is 0.573 e. The second-order valence-electron chi connectivity index (χ2n) is 5.48. The summed E-state index contributed by atoms with van der Waals surface area (Å²) in [6, 6.07) is 7.91. The third kappa shape index (κ3) is 4.28. The van der Waals surface area contributed by atoms with Crippen LogP contribution in [-0.4, -0.2) is 21.8 Å². The molecule has 0 spiro atoms. The minimum atomic E-state index is -4.83. The molecule has 3 aromatic rings. The Labute approximate surface area is 153 Å². The number of alkyl halides is 3. The molecule has 0 atom stereocenters. The average molecular weight is 397 g/mol. The average Bonchev–Trinajstić information content (AvgIpc) is 2.90. The number of ether oxygens (including phenoxy) is 1. The van der Waals surface area contributed by atoms with Crippen molar-refractivity contribution in [2.24, 2.45) is 0 Å². The van der Waals surface area contributed by atoms with Crippen LogP contribution in [0.25, 0.3) is 11.1 Å². The van der Waals surface area contributed by atoms with Crippen LogP contribution >= 0.6 is 0 Å². The number of carbonyl (C=O) groups excluding carboxylic acids is 1. The molecule has 0 fully saturated rings. The molecule has 0 saturated carbocycles. The number of anilines is 1. The van der Waals surface area contributed by atoms with Crippen molar-refractivity contribution in [1.29, 1.82) is 0 Å². The van der Waals surface area contributed by atoms with Crippen LogP contribution in [0.1, 0.15) is 0 Å². The van der Waals surface area contributed by atoms with Crippen molar-refractivity contribution >= 4 is 28.4 Å². The number of nitrogens with one attached hydrogen (secondary N) is 1. The molecule has 146 valence electrons. The van der Waals surface area contributed by atoms with Crippen molar-refractivity contribution in [1.82, 2.24) is 4.57 Å². The summed E-state index contributed by atoms with van der Waals surface area (Å²) in [6.07, 6.45) is -4.83. The zero-order valence-corrected chi connectivity index (χ0v) is 13.7. The van der Waals surface area contributed by atoms with E-state index in [1.54, 1.807) is 0 Å². The third-order valence-corrected chi connectivity index (χ3v) is 3.54. The number of hydrogen-bond donors (Lipinski definition) is 1. The van der Waals surface area contributed by atoms with Gasteiger partial charge in [-0.25, -0.2) is 4.79 Å². The zero-order valence-electron chi connectivity index (χ0n) is 13.7. The number of carbonyl (C=O) groups is 1. The van der Waals surface area contributed by atoms with Crippen molar-refractivity contribution in [3.8, 4) is 5.75 Å². The molecule has 0 unspecified atom stereocenters. The van der Waals surface area contributed by atoms with Gasteiger partial charge in [0.05, 0.1) is 16.5 Å². The number of nitrogens with zero attached hydrogens (tertiary/aromatic N) is 2. The van der Waals surface area contributed by atoms with Crippen molar-refractivity contribution in [2.75, 3.05) is 5.32 Å². The van der Waals surface area contributed by atoms with Gasteiger partial charge in [0, 0.05) is 11.8 Å². The second kappa shape index (κ2) is 7.06. The van der Waals surface area contributed by atoms with Gasteiger partial charge in [-0.2, -0.15) is 0 Å². The number of halogens is 3. The van der Waals surface area contributed by atoms with Crippen molar-refractivity contribution < 1.29 is 32.0 Å². The fourth-order valence-corrected chi connectivity index (χ4v) is 2.40. The van der Waals surface area contributed by atoms with Gasteiger partial charge in [-0.1, -0.05) is 0 Å². The summed E-state index contributed by atoms with van der Waals surface area (Å²) in [5, 5.41) is 13.2. The molecule has 1 heterocycles. The van der Waals surface area contributed by atoms with Gasteiger partial charge in [0.15, 0.2) is 5.58 Å². The van der Waals surface area contributed by atoms with E-state index in [0.717, 1.165) is 28.8 Å². The molecular formula is C16H10F3N3O6. The number of benzene rings is 2. The number of nitro benzene ring substituents is 1. The van der Waals surface area contributed by atoms with Gasteiger partial charge in [-0.05, 0) is 30.3 Å². The summed E-state index contributed by atoms with van der Waals surface area (Å²) in [6.45, 7) is -0.468. The van der Waals surface area contributed by atoms with Crippen LogP contribution in [0.15, 0.2) is 51.7 Å². The number of aromatic nitrogens is 1.